The van der Waals surface area contributed by atoms with Crippen LogP contribution in [0.5, 0.6) is 17.2 Å². The predicted octanol–water partition coefficient (Wildman–Crippen LogP) is 9.00. The van der Waals surface area contributed by atoms with Crippen LogP contribution in [0.2, 0.25) is 0 Å². The van der Waals surface area contributed by atoms with Crippen LogP contribution in [0.1, 0.15) is 127 Å². The molecule has 3 nitrogen and oxygen atoms in total. The first-order valence-electron chi connectivity index (χ1n) is 13.4. The van der Waals surface area contributed by atoms with Gasteiger partial charge in [0.25, 0.3) is 0 Å². The van der Waals surface area contributed by atoms with Gasteiger partial charge in [-0.1, -0.05) is 113 Å². The molecule has 0 saturated carbocycles. The van der Waals surface area contributed by atoms with Crippen LogP contribution in [0.15, 0.2) is 48.5 Å². The Morgan fingerprint density at radius 3 is 1.05 bits per heavy atom. The van der Waals surface area contributed by atoms with Crippen molar-refractivity contribution in [2.24, 2.45) is 0 Å². The van der Waals surface area contributed by atoms with Gasteiger partial charge in [0.15, 0.2) is 0 Å². The zero-order valence-electron chi connectivity index (χ0n) is 24.6. The van der Waals surface area contributed by atoms with E-state index in [1.54, 1.807) is 12.1 Å². The molecule has 0 aliphatic rings. The van der Waals surface area contributed by atoms with E-state index in [4.69, 9.17) is 0 Å². The summed E-state index contributed by atoms with van der Waals surface area (Å²) in [6.07, 6.45) is 0. The molecule has 0 aliphatic carbocycles. The quantitative estimate of drug-likeness (QED) is 0.333. The van der Waals surface area contributed by atoms with Gasteiger partial charge < -0.3 is 15.3 Å². The van der Waals surface area contributed by atoms with Crippen molar-refractivity contribution in [1.82, 2.24) is 0 Å². The van der Waals surface area contributed by atoms with E-state index in [9.17, 15) is 15.3 Å². The molecule has 0 saturated heterocycles. The molecule has 2 atom stereocenters. The molecule has 0 amide bonds. The lowest BCUT2D eigenvalue weighted by Gasteiger charge is -2.28. The zero-order chi connectivity index (χ0) is 28.1. The summed E-state index contributed by atoms with van der Waals surface area (Å²) < 4.78 is 0. The van der Waals surface area contributed by atoms with Crippen LogP contribution in [0.4, 0.5) is 0 Å². The molecular weight excluding hydrogens is 456 g/mol. The minimum Gasteiger partial charge on any atom is -0.508 e. The fourth-order valence-electron chi connectivity index (χ4n) is 4.84. The van der Waals surface area contributed by atoms with Crippen molar-refractivity contribution in [2.75, 3.05) is 0 Å². The highest BCUT2D eigenvalue weighted by molar-refractivity contribution is 5.56. The average molecular weight is 503 g/mol. The maximum atomic E-state index is 11.7. The van der Waals surface area contributed by atoms with E-state index in [1.165, 1.54) is 0 Å². The highest BCUT2D eigenvalue weighted by Crippen LogP contribution is 2.45. The second kappa shape index (κ2) is 9.74. The Bertz CT molecular complexity index is 1190. The van der Waals surface area contributed by atoms with Gasteiger partial charge in [0.2, 0.25) is 0 Å². The lowest BCUT2D eigenvalue weighted by atomic mass is 9.77. The first-order valence-corrected chi connectivity index (χ1v) is 13.4. The molecule has 0 fully saturated rings. The highest BCUT2D eigenvalue weighted by Gasteiger charge is 2.28. The lowest BCUT2D eigenvalue weighted by Crippen LogP contribution is -2.15. The Kier molecular flexibility index (Phi) is 7.54. The number of phenolic OH excluding ortho intramolecular Hbond substituents is 3. The van der Waals surface area contributed by atoms with Crippen LogP contribution >= 0.6 is 0 Å². The number of aromatic hydroxyl groups is 3. The summed E-state index contributed by atoms with van der Waals surface area (Å²) in [4.78, 5) is 0. The molecule has 0 bridgehead atoms. The summed E-state index contributed by atoms with van der Waals surface area (Å²) >= 11 is 0. The van der Waals surface area contributed by atoms with Gasteiger partial charge in [0.1, 0.15) is 17.2 Å². The number of benzene rings is 3. The Morgan fingerprint density at radius 1 is 0.459 bits per heavy atom. The van der Waals surface area contributed by atoms with E-state index in [0.29, 0.717) is 0 Å². The van der Waals surface area contributed by atoms with Crippen molar-refractivity contribution in [3.05, 3.63) is 87.5 Å². The standard InChI is InChI=1S/C34H46O3/c1-20(25-16-22(32(3,4)5)12-14-29(25)35)27-18-24(34(9,10)11)19-28(31(27)37)21(2)26-17-23(33(6,7)8)13-15-30(26)36/h12-21,35-37H,1-11H3. The largest absolute Gasteiger partial charge is 0.508 e. The third kappa shape index (κ3) is 5.98. The molecule has 3 N–H and O–H groups in total. The second-order valence-electron chi connectivity index (χ2n) is 13.7. The summed E-state index contributed by atoms with van der Waals surface area (Å²) in [5.74, 6) is 0.210. The molecule has 3 heteroatoms. The zero-order valence-corrected chi connectivity index (χ0v) is 24.6. The molecule has 0 aliphatic heterocycles. The smallest absolute Gasteiger partial charge is 0.123 e. The fraction of sp³-hybridized carbons (Fsp3) is 0.471. The first-order chi connectivity index (χ1) is 16.8. The number of hydrogen-bond donors (Lipinski definition) is 3. The Hall–Kier alpha value is -2.94. The van der Waals surface area contributed by atoms with Crippen LogP contribution in [0.25, 0.3) is 0 Å². The maximum Gasteiger partial charge on any atom is 0.123 e. The molecule has 0 aromatic heterocycles. The lowest BCUT2D eigenvalue weighted by molar-refractivity contribution is 0.445. The minimum absolute atomic E-state index is 0.0628. The van der Waals surface area contributed by atoms with Crippen molar-refractivity contribution in [3.63, 3.8) is 0 Å². The van der Waals surface area contributed by atoms with E-state index in [0.717, 1.165) is 38.9 Å². The summed E-state index contributed by atoms with van der Waals surface area (Å²) in [5, 5.41) is 33.4. The molecule has 3 aromatic carbocycles. The number of rotatable bonds is 4. The van der Waals surface area contributed by atoms with Gasteiger partial charge in [0.05, 0.1) is 0 Å². The van der Waals surface area contributed by atoms with Crippen LogP contribution in [-0.4, -0.2) is 15.3 Å². The normalized spacial score (nSPS) is 14.5. The summed E-state index contributed by atoms with van der Waals surface area (Å²) in [5.41, 5.74) is 6.25. The van der Waals surface area contributed by atoms with Crippen LogP contribution < -0.4 is 0 Å². The predicted molar refractivity (Wildman–Crippen MR) is 155 cm³/mol. The first kappa shape index (κ1) is 28.6. The summed E-state index contributed by atoms with van der Waals surface area (Å²) in [6, 6.07) is 15.7. The number of hydrogen-bond acceptors (Lipinski definition) is 3. The van der Waals surface area contributed by atoms with E-state index in [2.05, 4.69) is 86.6 Å². The van der Waals surface area contributed by atoms with Gasteiger partial charge in [0, 0.05) is 34.1 Å². The average Bonchev–Trinajstić information content (AvgIpc) is 2.76. The van der Waals surface area contributed by atoms with E-state index >= 15 is 0 Å². The van der Waals surface area contributed by atoms with Crippen molar-refractivity contribution in [1.29, 1.82) is 0 Å². The third-order valence-electron chi connectivity index (χ3n) is 7.69. The molecule has 0 radical (unpaired) electrons. The van der Waals surface area contributed by atoms with E-state index < -0.39 is 0 Å². The number of phenols is 3. The molecule has 37 heavy (non-hydrogen) atoms. The van der Waals surface area contributed by atoms with E-state index in [-0.39, 0.29) is 45.3 Å². The fourth-order valence-corrected chi connectivity index (χ4v) is 4.84. The van der Waals surface area contributed by atoms with Crippen molar-refractivity contribution < 1.29 is 15.3 Å². The molecule has 3 aromatic rings. The molecule has 0 spiro atoms. The summed E-state index contributed by atoms with van der Waals surface area (Å²) in [7, 11) is 0. The second-order valence-corrected chi connectivity index (χ2v) is 13.7. The van der Waals surface area contributed by atoms with Gasteiger partial charge >= 0.3 is 0 Å². The monoisotopic (exact) mass is 502 g/mol. The highest BCUT2D eigenvalue weighted by atomic mass is 16.3. The Labute approximate surface area is 224 Å². The van der Waals surface area contributed by atoms with Gasteiger partial charge in [-0.05, 0) is 45.1 Å². The molecule has 0 heterocycles. The van der Waals surface area contributed by atoms with Crippen molar-refractivity contribution in [2.45, 2.75) is 104 Å². The SMILES string of the molecule is CC(c1cc(C(C)(C)C)ccc1O)c1cc(C(C)(C)C)cc(C(C)c2cc(C(C)(C)C)ccc2O)c1O. The molecule has 2 unspecified atom stereocenters. The Balaban J connectivity index is 2.24. The topological polar surface area (TPSA) is 60.7 Å². The Morgan fingerprint density at radius 2 is 0.757 bits per heavy atom. The minimum atomic E-state index is -0.231. The van der Waals surface area contributed by atoms with Crippen LogP contribution in [0.3, 0.4) is 0 Å². The third-order valence-corrected chi connectivity index (χ3v) is 7.69. The van der Waals surface area contributed by atoms with Crippen molar-refractivity contribution >= 4 is 0 Å². The van der Waals surface area contributed by atoms with Crippen LogP contribution in [-0.2, 0) is 16.2 Å². The van der Waals surface area contributed by atoms with Gasteiger partial charge in [-0.25, -0.2) is 0 Å². The molecular formula is C34H46O3. The van der Waals surface area contributed by atoms with Gasteiger partial charge in [-0.15, -0.1) is 0 Å². The van der Waals surface area contributed by atoms with Crippen LogP contribution in [0, 0.1) is 0 Å². The van der Waals surface area contributed by atoms with Crippen molar-refractivity contribution in [3.8, 4) is 17.2 Å². The summed E-state index contributed by atoms with van der Waals surface area (Å²) in [6.45, 7) is 23.5. The maximum absolute atomic E-state index is 11.7. The molecule has 200 valence electrons. The van der Waals surface area contributed by atoms with Gasteiger partial charge in [-0.2, -0.15) is 0 Å². The van der Waals surface area contributed by atoms with Gasteiger partial charge in [-0.3, -0.25) is 0 Å². The molecule has 3 rings (SSSR count). The van der Waals surface area contributed by atoms with E-state index in [1.807, 2.05) is 26.0 Å².